The highest BCUT2D eigenvalue weighted by molar-refractivity contribution is 6.31. The third-order valence-electron chi connectivity index (χ3n) is 2.38. The van der Waals surface area contributed by atoms with Gasteiger partial charge in [-0.3, -0.25) is 4.98 Å². The number of hydrogen-bond acceptors (Lipinski definition) is 5. The van der Waals surface area contributed by atoms with E-state index in [2.05, 4.69) is 20.2 Å². The zero-order valence-corrected chi connectivity index (χ0v) is 10.9. The van der Waals surface area contributed by atoms with Crippen molar-refractivity contribution in [1.29, 1.82) is 0 Å². The molecule has 0 radical (unpaired) electrons. The second-order valence-corrected chi connectivity index (χ2v) is 4.33. The molecule has 2 aromatic heterocycles. The van der Waals surface area contributed by atoms with E-state index < -0.39 is 0 Å². The van der Waals surface area contributed by atoms with Gasteiger partial charge in [-0.2, -0.15) is 4.98 Å². The van der Waals surface area contributed by atoms with Gasteiger partial charge in [0, 0.05) is 17.6 Å². The number of aromatic nitrogens is 4. The summed E-state index contributed by atoms with van der Waals surface area (Å²) in [5.74, 6) is 0.654. The number of benzene rings is 1. The second-order valence-electron chi connectivity index (χ2n) is 3.64. The SMILES string of the molecule is Clc1nnc(Cl)c(Oc2ccc3cccnc3c2)n1. The molecule has 0 unspecified atom stereocenters. The van der Waals surface area contributed by atoms with Crippen molar-refractivity contribution in [2.45, 2.75) is 0 Å². The molecule has 3 rings (SSSR count). The zero-order chi connectivity index (χ0) is 13.2. The van der Waals surface area contributed by atoms with E-state index in [1.54, 1.807) is 18.3 Å². The van der Waals surface area contributed by atoms with E-state index in [4.69, 9.17) is 27.9 Å². The van der Waals surface area contributed by atoms with Crippen LogP contribution in [0.25, 0.3) is 10.9 Å². The van der Waals surface area contributed by atoms with Gasteiger partial charge in [0.05, 0.1) is 5.52 Å². The number of halogens is 2. The molecule has 2 heterocycles. The predicted molar refractivity (Wildman–Crippen MR) is 71.7 cm³/mol. The fraction of sp³-hybridized carbons (Fsp3) is 0. The van der Waals surface area contributed by atoms with Gasteiger partial charge in [-0.05, 0) is 29.8 Å². The Hall–Kier alpha value is -1.98. The van der Waals surface area contributed by atoms with Crippen LogP contribution in [0.4, 0.5) is 0 Å². The van der Waals surface area contributed by atoms with Crippen molar-refractivity contribution in [2.75, 3.05) is 0 Å². The number of ether oxygens (including phenoxy) is 1. The topological polar surface area (TPSA) is 60.8 Å². The minimum Gasteiger partial charge on any atom is -0.436 e. The molecule has 0 spiro atoms. The standard InChI is InChI=1S/C12H6Cl2N4O/c13-10-11(16-12(14)18-17-10)19-8-4-3-7-2-1-5-15-9(7)6-8/h1-6H. The third-order valence-corrected chi connectivity index (χ3v) is 2.78. The number of fused-ring (bicyclic) bond motifs is 1. The van der Waals surface area contributed by atoms with Crippen molar-refractivity contribution in [2.24, 2.45) is 0 Å². The smallest absolute Gasteiger partial charge is 0.262 e. The van der Waals surface area contributed by atoms with Crippen molar-refractivity contribution in [3.63, 3.8) is 0 Å². The van der Waals surface area contributed by atoms with E-state index in [1.807, 2.05) is 18.2 Å². The Bertz CT molecular complexity index is 751. The Labute approximate surface area is 118 Å². The van der Waals surface area contributed by atoms with E-state index in [0.717, 1.165) is 10.9 Å². The monoisotopic (exact) mass is 292 g/mol. The maximum absolute atomic E-state index is 5.83. The molecular weight excluding hydrogens is 287 g/mol. The van der Waals surface area contributed by atoms with Crippen LogP contribution in [0.1, 0.15) is 0 Å². The summed E-state index contributed by atoms with van der Waals surface area (Å²) in [5.41, 5.74) is 0.809. The Kier molecular flexibility index (Phi) is 3.15. The molecule has 1 aromatic carbocycles. The quantitative estimate of drug-likeness (QED) is 0.723. The first-order valence-corrected chi connectivity index (χ1v) is 6.06. The molecule has 0 aliphatic carbocycles. The summed E-state index contributed by atoms with van der Waals surface area (Å²) < 4.78 is 5.53. The lowest BCUT2D eigenvalue weighted by atomic mass is 10.2. The van der Waals surface area contributed by atoms with Gasteiger partial charge in [-0.15, -0.1) is 10.2 Å². The largest absolute Gasteiger partial charge is 0.436 e. The van der Waals surface area contributed by atoms with E-state index in [-0.39, 0.29) is 16.3 Å². The maximum atomic E-state index is 5.83. The Morgan fingerprint density at radius 1 is 1.05 bits per heavy atom. The van der Waals surface area contributed by atoms with E-state index in [0.29, 0.717) is 5.75 Å². The van der Waals surface area contributed by atoms with Crippen LogP contribution in [0.15, 0.2) is 36.5 Å². The van der Waals surface area contributed by atoms with Gasteiger partial charge in [0.2, 0.25) is 10.4 Å². The Balaban J connectivity index is 1.98. The van der Waals surface area contributed by atoms with Gasteiger partial charge in [-0.1, -0.05) is 17.7 Å². The van der Waals surface area contributed by atoms with Gasteiger partial charge in [-0.25, -0.2) is 0 Å². The highest BCUT2D eigenvalue weighted by atomic mass is 35.5. The van der Waals surface area contributed by atoms with Crippen molar-refractivity contribution >= 4 is 34.1 Å². The normalized spacial score (nSPS) is 10.6. The number of pyridine rings is 1. The Morgan fingerprint density at radius 2 is 1.95 bits per heavy atom. The van der Waals surface area contributed by atoms with Gasteiger partial charge in [0.1, 0.15) is 5.75 Å². The van der Waals surface area contributed by atoms with Crippen LogP contribution in [0.2, 0.25) is 10.4 Å². The molecule has 0 amide bonds. The number of hydrogen-bond donors (Lipinski definition) is 0. The molecule has 0 saturated heterocycles. The van der Waals surface area contributed by atoms with Gasteiger partial charge in [0.15, 0.2) is 0 Å². The minimum atomic E-state index is -0.0293. The van der Waals surface area contributed by atoms with Crippen LogP contribution in [0.3, 0.4) is 0 Å². The van der Waals surface area contributed by atoms with Crippen LogP contribution in [0.5, 0.6) is 11.6 Å². The summed E-state index contributed by atoms with van der Waals surface area (Å²) >= 11 is 11.5. The lowest BCUT2D eigenvalue weighted by molar-refractivity contribution is 0.458. The molecule has 5 nitrogen and oxygen atoms in total. The van der Waals surface area contributed by atoms with Crippen molar-refractivity contribution in [1.82, 2.24) is 20.2 Å². The van der Waals surface area contributed by atoms with E-state index in [1.165, 1.54) is 0 Å². The van der Waals surface area contributed by atoms with Crippen LogP contribution >= 0.6 is 23.2 Å². The van der Waals surface area contributed by atoms with Crippen LogP contribution in [0, 0.1) is 0 Å². The lowest BCUT2D eigenvalue weighted by Crippen LogP contribution is -1.94. The summed E-state index contributed by atoms with van der Waals surface area (Å²) in [7, 11) is 0. The average molecular weight is 293 g/mol. The maximum Gasteiger partial charge on any atom is 0.262 e. The fourth-order valence-corrected chi connectivity index (χ4v) is 1.80. The average Bonchev–Trinajstić information content (AvgIpc) is 2.43. The molecule has 0 atom stereocenters. The van der Waals surface area contributed by atoms with Gasteiger partial charge < -0.3 is 4.74 Å². The number of rotatable bonds is 2. The molecule has 7 heteroatoms. The predicted octanol–water partition coefficient (Wildman–Crippen LogP) is 3.52. The summed E-state index contributed by atoms with van der Waals surface area (Å²) in [5, 5.41) is 8.16. The first kappa shape index (κ1) is 12.1. The molecule has 0 aliphatic rings. The van der Waals surface area contributed by atoms with Gasteiger partial charge >= 0.3 is 0 Å². The van der Waals surface area contributed by atoms with Crippen LogP contribution < -0.4 is 4.74 Å². The molecule has 0 bridgehead atoms. The molecule has 0 N–H and O–H groups in total. The summed E-state index contributed by atoms with van der Waals surface area (Å²) in [6.45, 7) is 0. The molecule has 19 heavy (non-hydrogen) atoms. The highest BCUT2D eigenvalue weighted by Gasteiger charge is 2.09. The fourth-order valence-electron chi connectivity index (χ4n) is 1.57. The lowest BCUT2D eigenvalue weighted by Gasteiger charge is -2.06. The van der Waals surface area contributed by atoms with Crippen molar-refractivity contribution in [3.8, 4) is 11.6 Å². The first-order chi connectivity index (χ1) is 9.22. The summed E-state index contributed by atoms with van der Waals surface area (Å²) in [4.78, 5) is 8.10. The van der Waals surface area contributed by atoms with Crippen molar-refractivity contribution in [3.05, 3.63) is 47.0 Å². The van der Waals surface area contributed by atoms with Gasteiger partial charge in [0.25, 0.3) is 5.88 Å². The first-order valence-electron chi connectivity index (χ1n) is 5.31. The van der Waals surface area contributed by atoms with Crippen LogP contribution in [-0.2, 0) is 0 Å². The molecule has 0 fully saturated rings. The highest BCUT2D eigenvalue weighted by Crippen LogP contribution is 2.27. The minimum absolute atomic E-state index is 0.0293. The zero-order valence-electron chi connectivity index (χ0n) is 9.42. The van der Waals surface area contributed by atoms with E-state index >= 15 is 0 Å². The van der Waals surface area contributed by atoms with Crippen LogP contribution in [-0.4, -0.2) is 20.2 Å². The molecular formula is C12H6Cl2N4O. The molecule has 0 saturated carbocycles. The second kappa shape index (κ2) is 4.95. The third kappa shape index (κ3) is 2.57. The molecule has 0 aliphatic heterocycles. The Morgan fingerprint density at radius 3 is 2.84 bits per heavy atom. The molecule has 3 aromatic rings. The molecule has 94 valence electrons. The summed E-state index contributed by atoms with van der Waals surface area (Å²) in [6.07, 6.45) is 1.71. The summed E-state index contributed by atoms with van der Waals surface area (Å²) in [6, 6.07) is 9.29. The van der Waals surface area contributed by atoms with Crippen molar-refractivity contribution < 1.29 is 4.74 Å². The van der Waals surface area contributed by atoms with E-state index in [9.17, 15) is 0 Å². The number of nitrogens with zero attached hydrogens (tertiary/aromatic N) is 4.